The number of rotatable bonds is 8. The van der Waals surface area contributed by atoms with Crippen LogP contribution in [0.1, 0.15) is 24.0 Å². The molecule has 1 fully saturated rings. The standard InChI is InChI=1S/C28H29N3O4S3/c1-20-9-11-21(12-10-20)24-19-37-28(29-24)31(18-23-6-3-4-7-25(23)35-2)27(32)22-13-15-30(16-14-22)38(33,34)26-8-5-17-36-26/h3-12,17,19,22H,13-16,18H2,1-2H3. The molecule has 10 heteroatoms. The predicted molar refractivity (Wildman–Crippen MR) is 152 cm³/mol. The summed E-state index contributed by atoms with van der Waals surface area (Å²) in [6.07, 6.45) is 0.921. The zero-order valence-electron chi connectivity index (χ0n) is 21.2. The highest BCUT2D eigenvalue weighted by Crippen LogP contribution is 2.33. The van der Waals surface area contributed by atoms with Crippen LogP contribution in [-0.4, -0.2) is 43.8 Å². The average Bonchev–Trinajstić information content (AvgIpc) is 3.66. The van der Waals surface area contributed by atoms with Gasteiger partial charge in [-0.2, -0.15) is 4.31 Å². The Hall–Kier alpha value is -3.05. The van der Waals surface area contributed by atoms with Crippen LogP contribution < -0.4 is 9.64 Å². The van der Waals surface area contributed by atoms with Crippen LogP contribution in [-0.2, 0) is 21.4 Å². The number of aromatic nitrogens is 1. The number of thiazole rings is 1. The fraction of sp³-hybridized carbons (Fsp3) is 0.286. The molecule has 0 N–H and O–H groups in total. The highest BCUT2D eigenvalue weighted by molar-refractivity contribution is 7.91. The van der Waals surface area contributed by atoms with Crippen molar-refractivity contribution in [2.75, 3.05) is 25.1 Å². The maximum absolute atomic E-state index is 14.0. The molecule has 38 heavy (non-hydrogen) atoms. The summed E-state index contributed by atoms with van der Waals surface area (Å²) in [7, 11) is -1.91. The van der Waals surface area contributed by atoms with Crippen molar-refractivity contribution in [2.45, 2.75) is 30.5 Å². The first-order valence-electron chi connectivity index (χ1n) is 12.4. The minimum Gasteiger partial charge on any atom is -0.496 e. The first-order valence-corrected chi connectivity index (χ1v) is 15.6. The molecule has 3 heterocycles. The van der Waals surface area contributed by atoms with E-state index >= 15 is 0 Å². The second-order valence-electron chi connectivity index (χ2n) is 9.23. The van der Waals surface area contributed by atoms with Gasteiger partial charge in [-0.25, -0.2) is 13.4 Å². The number of methoxy groups -OCH3 is 1. The molecule has 5 rings (SSSR count). The van der Waals surface area contributed by atoms with E-state index in [-0.39, 0.29) is 11.8 Å². The van der Waals surface area contributed by atoms with Gasteiger partial charge in [-0.05, 0) is 37.3 Å². The van der Waals surface area contributed by atoms with Crippen LogP contribution in [0.5, 0.6) is 5.75 Å². The molecule has 0 saturated carbocycles. The molecule has 2 aromatic heterocycles. The van der Waals surface area contributed by atoms with Crippen LogP contribution in [0.2, 0.25) is 0 Å². The van der Waals surface area contributed by atoms with Crippen LogP contribution in [0, 0.1) is 12.8 Å². The third-order valence-electron chi connectivity index (χ3n) is 6.75. The Balaban J connectivity index is 1.39. The van der Waals surface area contributed by atoms with Gasteiger partial charge in [0.2, 0.25) is 5.91 Å². The summed E-state index contributed by atoms with van der Waals surface area (Å²) in [5.41, 5.74) is 3.87. The SMILES string of the molecule is COc1ccccc1CN(C(=O)C1CCN(S(=O)(=O)c2cccs2)CC1)c1nc(-c2ccc(C)cc2)cs1. The molecule has 0 spiro atoms. The van der Waals surface area contributed by atoms with Crippen LogP contribution >= 0.6 is 22.7 Å². The molecule has 1 aliphatic rings. The van der Waals surface area contributed by atoms with E-state index in [2.05, 4.69) is 0 Å². The van der Waals surface area contributed by atoms with E-state index in [1.165, 1.54) is 32.5 Å². The smallest absolute Gasteiger partial charge is 0.252 e. The molecule has 0 radical (unpaired) electrons. The number of piperidine rings is 1. The van der Waals surface area contributed by atoms with Crippen molar-refractivity contribution < 1.29 is 17.9 Å². The van der Waals surface area contributed by atoms with Crippen LogP contribution in [0.15, 0.2) is 75.6 Å². The Kier molecular flexibility index (Phi) is 7.94. The van der Waals surface area contributed by atoms with Gasteiger partial charge >= 0.3 is 0 Å². The van der Waals surface area contributed by atoms with Crippen molar-refractivity contribution in [3.63, 3.8) is 0 Å². The number of carbonyl (C=O) groups is 1. The number of nitrogens with zero attached hydrogens (tertiary/aromatic N) is 3. The molecule has 198 valence electrons. The Bertz CT molecular complexity index is 1490. The number of hydrogen-bond acceptors (Lipinski definition) is 7. The van der Waals surface area contributed by atoms with E-state index in [9.17, 15) is 13.2 Å². The number of sulfonamides is 1. The maximum atomic E-state index is 14.0. The molecule has 0 unspecified atom stereocenters. The molecule has 1 aliphatic heterocycles. The third kappa shape index (κ3) is 5.54. The number of thiophene rings is 1. The second kappa shape index (κ2) is 11.4. The molecular weight excluding hydrogens is 539 g/mol. The lowest BCUT2D eigenvalue weighted by Gasteiger charge is -2.33. The summed E-state index contributed by atoms with van der Waals surface area (Å²) in [6.45, 7) is 2.98. The number of ether oxygens (including phenoxy) is 1. The zero-order valence-corrected chi connectivity index (χ0v) is 23.7. The first-order chi connectivity index (χ1) is 18.4. The fourth-order valence-corrected chi connectivity index (χ4v) is 8.04. The molecule has 0 atom stereocenters. The molecule has 1 saturated heterocycles. The van der Waals surface area contributed by atoms with Gasteiger partial charge in [-0.3, -0.25) is 9.69 Å². The number of amides is 1. The van der Waals surface area contributed by atoms with E-state index in [0.29, 0.717) is 47.6 Å². The Morgan fingerprint density at radius 2 is 1.79 bits per heavy atom. The Morgan fingerprint density at radius 3 is 2.47 bits per heavy atom. The quantitative estimate of drug-likeness (QED) is 0.268. The van der Waals surface area contributed by atoms with Crippen molar-refractivity contribution in [1.82, 2.24) is 9.29 Å². The van der Waals surface area contributed by atoms with Gasteiger partial charge in [-0.15, -0.1) is 22.7 Å². The van der Waals surface area contributed by atoms with E-state index < -0.39 is 10.0 Å². The van der Waals surface area contributed by atoms with Crippen molar-refractivity contribution in [3.8, 4) is 17.0 Å². The van der Waals surface area contributed by atoms with Crippen LogP contribution in [0.25, 0.3) is 11.3 Å². The lowest BCUT2D eigenvalue weighted by molar-refractivity contribution is -0.123. The second-order valence-corrected chi connectivity index (χ2v) is 13.2. The van der Waals surface area contributed by atoms with Gasteiger partial charge in [0.1, 0.15) is 9.96 Å². The van der Waals surface area contributed by atoms with Crippen molar-refractivity contribution >= 4 is 43.7 Å². The number of carbonyl (C=O) groups excluding carboxylic acids is 1. The third-order valence-corrected chi connectivity index (χ3v) is 10.9. The molecule has 1 amide bonds. The van der Waals surface area contributed by atoms with E-state index in [4.69, 9.17) is 9.72 Å². The monoisotopic (exact) mass is 567 g/mol. The Morgan fingerprint density at radius 1 is 1.05 bits per heavy atom. The van der Waals surface area contributed by atoms with Gasteiger partial charge in [0.15, 0.2) is 5.13 Å². The molecular formula is C28H29N3O4S3. The number of anilines is 1. The maximum Gasteiger partial charge on any atom is 0.252 e. The van der Waals surface area contributed by atoms with Gasteiger partial charge < -0.3 is 4.74 Å². The van der Waals surface area contributed by atoms with Gasteiger partial charge in [-0.1, -0.05) is 54.1 Å². The highest BCUT2D eigenvalue weighted by atomic mass is 32.2. The topological polar surface area (TPSA) is 79.8 Å². The largest absolute Gasteiger partial charge is 0.496 e. The summed E-state index contributed by atoms with van der Waals surface area (Å²) in [4.78, 5) is 20.5. The zero-order chi connectivity index (χ0) is 26.7. The average molecular weight is 568 g/mol. The summed E-state index contributed by atoms with van der Waals surface area (Å²) < 4.78 is 33.3. The number of benzene rings is 2. The normalized spacial score (nSPS) is 14.9. The van der Waals surface area contributed by atoms with E-state index in [1.54, 1.807) is 29.5 Å². The summed E-state index contributed by atoms with van der Waals surface area (Å²) in [5, 5.41) is 4.35. The first kappa shape index (κ1) is 26.6. The molecule has 7 nitrogen and oxygen atoms in total. The minimum absolute atomic E-state index is 0.0473. The van der Waals surface area contributed by atoms with Crippen molar-refractivity contribution in [3.05, 3.63) is 82.6 Å². The van der Waals surface area contributed by atoms with E-state index in [1.807, 2.05) is 60.8 Å². The summed E-state index contributed by atoms with van der Waals surface area (Å²) in [6, 6.07) is 19.2. The van der Waals surface area contributed by atoms with Gasteiger partial charge in [0, 0.05) is 35.5 Å². The minimum atomic E-state index is -3.53. The molecule has 2 aromatic carbocycles. The lowest BCUT2D eigenvalue weighted by atomic mass is 9.96. The summed E-state index contributed by atoms with van der Waals surface area (Å²) in [5.74, 6) is 0.359. The van der Waals surface area contributed by atoms with Crippen LogP contribution in [0.3, 0.4) is 0 Å². The predicted octanol–water partition coefficient (Wildman–Crippen LogP) is 5.82. The fourth-order valence-electron chi connectivity index (χ4n) is 4.59. The van der Waals surface area contributed by atoms with Gasteiger partial charge in [0.05, 0.1) is 19.3 Å². The lowest BCUT2D eigenvalue weighted by Crippen LogP contribution is -2.44. The number of para-hydroxylation sites is 1. The molecule has 4 aromatic rings. The number of aryl methyl sites for hydroxylation is 1. The highest BCUT2D eigenvalue weighted by Gasteiger charge is 2.35. The molecule has 0 bridgehead atoms. The van der Waals surface area contributed by atoms with Crippen molar-refractivity contribution in [1.29, 1.82) is 0 Å². The van der Waals surface area contributed by atoms with Crippen molar-refractivity contribution in [2.24, 2.45) is 5.92 Å². The van der Waals surface area contributed by atoms with E-state index in [0.717, 1.165) is 16.8 Å². The molecule has 0 aliphatic carbocycles. The summed E-state index contributed by atoms with van der Waals surface area (Å²) >= 11 is 2.65. The van der Waals surface area contributed by atoms with Gasteiger partial charge in [0.25, 0.3) is 10.0 Å². The number of hydrogen-bond donors (Lipinski definition) is 0. The van der Waals surface area contributed by atoms with Crippen LogP contribution in [0.4, 0.5) is 5.13 Å². The Labute approximate surface area is 231 Å².